The van der Waals surface area contributed by atoms with Crippen molar-refractivity contribution in [1.82, 2.24) is 14.8 Å². The predicted molar refractivity (Wildman–Crippen MR) is 97.7 cm³/mol. The minimum Gasteiger partial charge on any atom is -0.351 e. The Balaban J connectivity index is 1.67. The largest absolute Gasteiger partial charge is 0.351 e. The summed E-state index contributed by atoms with van der Waals surface area (Å²) in [6.07, 6.45) is 0. The van der Waals surface area contributed by atoms with Gasteiger partial charge in [0.25, 0.3) is 5.91 Å². The Hall–Kier alpha value is -2.35. The lowest BCUT2D eigenvalue weighted by Gasteiger charge is -2.43. The van der Waals surface area contributed by atoms with Crippen LogP contribution in [0.15, 0.2) is 24.3 Å². The molecule has 0 bridgehead atoms. The number of carbonyl (C=O) groups excluding carboxylic acids is 2. The molecule has 2 amide bonds. The lowest BCUT2D eigenvalue weighted by atomic mass is 10.0. The number of fused-ring (bicyclic) bond motifs is 2. The van der Waals surface area contributed by atoms with Crippen LogP contribution in [0.25, 0.3) is 10.9 Å². The maximum atomic E-state index is 13.1. The van der Waals surface area contributed by atoms with E-state index in [2.05, 4.69) is 4.98 Å². The van der Waals surface area contributed by atoms with Crippen molar-refractivity contribution in [2.24, 2.45) is 0 Å². The minimum absolute atomic E-state index is 0.0765. The number of rotatable bonds is 1. The summed E-state index contributed by atoms with van der Waals surface area (Å²) < 4.78 is 24.3. The highest BCUT2D eigenvalue weighted by molar-refractivity contribution is 7.91. The van der Waals surface area contributed by atoms with E-state index in [0.29, 0.717) is 18.8 Å². The van der Waals surface area contributed by atoms with Crippen LogP contribution in [0, 0.1) is 6.92 Å². The lowest BCUT2D eigenvalue weighted by Crippen LogP contribution is -2.61. The van der Waals surface area contributed by atoms with E-state index in [4.69, 9.17) is 0 Å². The molecule has 2 aliphatic rings. The monoisotopic (exact) mass is 375 g/mol. The molecule has 0 aliphatic carbocycles. The summed E-state index contributed by atoms with van der Waals surface area (Å²) >= 11 is 0. The number of nitrogens with zero attached hydrogens (tertiary/aromatic N) is 2. The normalized spacial score (nSPS) is 24.7. The highest BCUT2D eigenvalue weighted by Gasteiger charge is 2.49. The Labute approximate surface area is 151 Å². The van der Waals surface area contributed by atoms with Gasteiger partial charge in [-0.3, -0.25) is 9.59 Å². The zero-order chi connectivity index (χ0) is 18.6. The highest BCUT2D eigenvalue weighted by atomic mass is 32.2. The molecule has 26 heavy (non-hydrogen) atoms. The number of carbonyl (C=O) groups is 2. The number of benzene rings is 1. The van der Waals surface area contributed by atoms with Crippen molar-refractivity contribution in [3.63, 3.8) is 0 Å². The number of H-pyrrole nitrogens is 1. The van der Waals surface area contributed by atoms with E-state index in [0.717, 1.165) is 16.5 Å². The molecule has 1 N–H and O–H groups in total. The Morgan fingerprint density at radius 1 is 1.08 bits per heavy atom. The van der Waals surface area contributed by atoms with Crippen molar-refractivity contribution < 1.29 is 18.0 Å². The van der Waals surface area contributed by atoms with E-state index in [1.807, 2.05) is 25.1 Å². The molecule has 1 aromatic carbocycles. The quantitative estimate of drug-likeness (QED) is 0.803. The Morgan fingerprint density at radius 3 is 2.42 bits per heavy atom. The summed E-state index contributed by atoms with van der Waals surface area (Å²) in [4.78, 5) is 31.3. The molecule has 2 atom stereocenters. The third-order valence-corrected chi connectivity index (χ3v) is 7.05. The van der Waals surface area contributed by atoms with Gasteiger partial charge in [0.2, 0.25) is 5.91 Å². The Bertz CT molecular complexity index is 1010. The number of hydrogen-bond acceptors (Lipinski definition) is 4. The topological polar surface area (TPSA) is 90.6 Å². The van der Waals surface area contributed by atoms with E-state index in [1.165, 1.54) is 6.92 Å². The molecule has 0 spiro atoms. The third kappa shape index (κ3) is 2.78. The molecular weight excluding hydrogens is 354 g/mol. The summed E-state index contributed by atoms with van der Waals surface area (Å²) in [5.74, 6) is -0.529. The summed E-state index contributed by atoms with van der Waals surface area (Å²) in [6.45, 7) is 4.13. The Kier molecular flexibility index (Phi) is 3.83. The van der Waals surface area contributed by atoms with E-state index in [1.54, 1.807) is 15.9 Å². The van der Waals surface area contributed by atoms with Crippen molar-refractivity contribution in [2.45, 2.75) is 25.9 Å². The average molecular weight is 375 g/mol. The SMILES string of the molecule is CC(=O)N1CCN(C(=O)c2cc3cc(C)ccc3[nH]2)[C@@H]2CS(=O)(=O)C[C@@H]21. The van der Waals surface area contributed by atoms with Gasteiger partial charge in [0.05, 0.1) is 23.6 Å². The number of aromatic amines is 1. The van der Waals surface area contributed by atoms with E-state index < -0.39 is 21.9 Å². The number of amides is 2. The zero-order valence-corrected chi connectivity index (χ0v) is 15.5. The summed E-state index contributed by atoms with van der Waals surface area (Å²) in [6, 6.07) is 6.76. The van der Waals surface area contributed by atoms with E-state index in [9.17, 15) is 18.0 Å². The van der Waals surface area contributed by atoms with Crippen LogP contribution in [-0.4, -0.2) is 71.7 Å². The molecule has 138 valence electrons. The second-order valence-corrected chi connectivity index (χ2v) is 9.35. The van der Waals surface area contributed by atoms with Gasteiger partial charge in [0.1, 0.15) is 5.69 Å². The van der Waals surface area contributed by atoms with Crippen LogP contribution in [0.3, 0.4) is 0 Å². The first-order valence-corrected chi connectivity index (χ1v) is 10.5. The van der Waals surface area contributed by atoms with Crippen molar-refractivity contribution in [2.75, 3.05) is 24.6 Å². The molecule has 4 rings (SSSR count). The number of aryl methyl sites for hydroxylation is 1. The predicted octanol–water partition coefficient (Wildman–Crippen LogP) is 0.946. The third-order valence-electron chi connectivity index (χ3n) is 5.35. The molecule has 0 saturated carbocycles. The molecule has 8 heteroatoms. The number of nitrogens with one attached hydrogen (secondary N) is 1. The van der Waals surface area contributed by atoms with Gasteiger partial charge in [-0.05, 0) is 25.1 Å². The highest BCUT2D eigenvalue weighted by Crippen LogP contribution is 2.29. The first kappa shape index (κ1) is 17.1. The molecule has 2 fully saturated rings. The number of sulfone groups is 1. The fourth-order valence-electron chi connectivity index (χ4n) is 4.12. The van der Waals surface area contributed by atoms with Gasteiger partial charge in [-0.15, -0.1) is 0 Å². The smallest absolute Gasteiger partial charge is 0.270 e. The van der Waals surface area contributed by atoms with Crippen LogP contribution >= 0.6 is 0 Å². The fourth-order valence-corrected chi connectivity index (χ4v) is 6.10. The summed E-state index contributed by atoms with van der Waals surface area (Å²) in [5, 5.41) is 0.950. The minimum atomic E-state index is -3.27. The van der Waals surface area contributed by atoms with Crippen LogP contribution in [0.4, 0.5) is 0 Å². The van der Waals surface area contributed by atoms with Crippen LogP contribution < -0.4 is 0 Å². The van der Waals surface area contributed by atoms with Gasteiger partial charge < -0.3 is 14.8 Å². The fraction of sp³-hybridized carbons (Fsp3) is 0.444. The maximum absolute atomic E-state index is 13.1. The van der Waals surface area contributed by atoms with Gasteiger partial charge in [-0.2, -0.15) is 0 Å². The first-order valence-electron chi connectivity index (χ1n) is 8.63. The number of aromatic nitrogens is 1. The maximum Gasteiger partial charge on any atom is 0.270 e. The Morgan fingerprint density at radius 2 is 1.73 bits per heavy atom. The number of piperazine rings is 1. The van der Waals surface area contributed by atoms with Crippen molar-refractivity contribution >= 4 is 32.6 Å². The number of hydrogen-bond donors (Lipinski definition) is 1. The van der Waals surface area contributed by atoms with Crippen LogP contribution in [0.1, 0.15) is 23.0 Å². The lowest BCUT2D eigenvalue weighted by molar-refractivity contribution is -0.133. The molecule has 3 heterocycles. The molecule has 1 aromatic heterocycles. The second-order valence-electron chi connectivity index (χ2n) is 7.20. The molecule has 0 unspecified atom stereocenters. The van der Waals surface area contributed by atoms with Crippen LogP contribution in [0.5, 0.6) is 0 Å². The van der Waals surface area contributed by atoms with Gasteiger partial charge >= 0.3 is 0 Å². The summed E-state index contributed by atoms with van der Waals surface area (Å²) in [5.41, 5.74) is 2.43. The molecule has 0 radical (unpaired) electrons. The van der Waals surface area contributed by atoms with E-state index in [-0.39, 0.29) is 23.3 Å². The van der Waals surface area contributed by atoms with Gasteiger partial charge in [-0.25, -0.2) is 8.42 Å². The first-order chi connectivity index (χ1) is 12.2. The molecular formula is C18H21N3O4S. The van der Waals surface area contributed by atoms with Gasteiger partial charge in [0.15, 0.2) is 9.84 Å². The van der Waals surface area contributed by atoms with Crippen LogP contribution in [0.2, 0.25) is 0 Å². The molecule has 7 nitrogen and oxygen atoms in total. The summed E-state index contributed by atoms with van der Waals surface area (Å²) in [7, 11) is -3.27. The molecule has 2 aromatic rings. The van der Waals surface area contributed by atoms with Gasteiger partial charge in [0, 0.05) is 30.9 Å². The molecule has 2 aliphatic heterocycles. The molecule has 2 saturated heterocycles. The van der Waals surface area contributed by atoms with E-state index >= 15 is 0 Å². The average Bonchev–Trinajstić information content (AvgIpc) is 3.11. The zero-order valence-electron chi connectivity index (χ0n) is 14.7. The van der Waals surface area contributed by atoms with Crippen molar-refractivity contribution in [3.8, 4) is 0 Å². The standard InChI is InChI=1S/C18H21N3O4S/c1-11-3-4-14-13(7-11)8-15(19-14)18(23)21-6-5-20(12(2)22)16-9-26(24,25)10-17(16)21/h3-4,7-8,16-17,19H,5-6,9-10H2,1-2H3/t16-,17+/m0/s1. The second kappa shape index (κ2) is 5.84. The van der Waals surface area contributed by atoms with Crippen molar-refractivity contribution in [3.05, 3.63) is 35.5 Å². The van der Waals surface area contributed by atoms with Crippen molar-refractivity contribution in [1.29, 1.82) is 0 Å². The van der Waals surface area contributed by atoms with Crippen LogP contribution in [-0.2, 0) is 14.6 Å². The van der Waals surface area contributed by atoms with Gasteiger partial charge in [-0.1, -0.05) is 11.6 Å².